The maximum Gasteiger partial charge on any atom is 0.261 e. The zero-order valence-corrected chi connectivity index (χ0v) is 15.7. The van der Waals surface area contributed by atoms with E-state index in [2.05, 4.69) is 20.7 Å². The Bertz CT molecular complexity index is 957. The van der Waals surface area contributed by atoms with Gasteiger partial charge in [0.15, 0.2) is 0 Å². The standard InChI is InChI=1S/C15H15BrN2O4S2/c16-12-5-7-15(8-6-12)24(21,22)17-13-3-1-4-14(11-13)18-9-2-10-23(18,19)20/h1,3-8,11,17H,2,9-10H2. The molecule has 1 N–H and O–H groups in total. The molecular weight excluding hydrogens is 416 g/mol. The van der Waals surface area contributed by atoms with E-state index in [1.165, 1.54) is 22.5 Å². The highest BCUT2D eigenvalue weighted by molar-refractivity contribution is 9.10. The largest absolute Gasteiger partial charge is 0.280 e. The van der Waals surface area contributed by atoms with E-state index < -0.39 is 20.0 Å². The summed E-state index contributed by atoms with van der Waals surface area (Å²) < 4.78 is 53.4. The van der Waals surface area contributed by atoms with E-state index in [0.29, 0.717) is 24.3 Å². The predicted octanol–water partition coefficient (Wildman–Crippen LogP) is 2.79. The summed E-state index contributed by atoms with van der Waals surface area (Å²) in [6, 6.07) is 12.6. The van der Waals surface area contributed by atoms with Gasteiger partial charge in [0, 0.05) is 11.0 Å². The average Bonchev–Trinajstić information content (AvgIpc) is 2.87. The van der Waals surface area contributed by atoms with Gasteiger partial charge in [-0.2, -0.15) is 0 Å². The van der Waals surface area contributed by atoms with E-state index in [0.717, 1.165) is 4.47 Å². The average molecular weight is 431 g/mol. The number of nitrogens with zero attached hydrogens (tertiary/aromatic N) is 1. The molecule has 6 nitrogen and oxygen atoms in total. The van der Waals surface area contributed by atoms with Gasteiger partial charge in [0.25, 0.3) is 10.0 Å². The summed E-state index contributed by atoms with van der Waals surface area (Å²) in [4.78, 5) is 0.130. The number of rotatable bonds is 4. The third-order valence-corrected chi connectivity index (χ3v) is 7.40. The molecule has 2 aromatic rings. The SMILES string of the molecule is O=S(=O)(Nc1cccc(N2CCCS2(=O)=O)c1)c1ccc(Br)cc1. The molecule has 2 aromatic carbocycles. The molecule has 0 unspecified atom stereocenters. The van der Waals surface area contributed by atoms with Gasteiger partial charge in [-0.15, -0.1) is 0 Å². The van der Waals surface area contributed by atoms with Crippen LogP contribution in [0.5, 0.6) is 0 Å². The lowest BCUT2D eigenvalue weighted by molar-refractivity contribution is 0.598. The number of sulfonamides is 2. The van der Waals surface area contributed by atoms with Crippen LogP contribution in [-0.4, -0.2) is 29.1 Å². The Morgan fingerprint density at radius 2 is 1.79 bits per heavy atom. The Hall–Kier alpha value is -1.58. The molecule has 0 aliphatic carbocycles. The Kier molecular flexibility index (Phi) is 4.58. The minimum atomic E-state index is -3.74. The summed E-state index contributed by atoms with van der Waals surface area (Å²) in [5.41, 5.74) is 0.779. The first-order valence-electron chi connectivity index (χ1n) is 7.17. The third kappa shape index (κ3) is 3.57. The molecule has 128 valence electrons. The number of benzene rings is 2. The molecule has 9 heteroatoms. The van der Waals surface area contributed by atoms with Crippen LogP contribution in [0.25, 0.3) is 0 Å². The fraction of sp³-hybridized carbons (Fsp3) is 0.200. The fourth-order valence-corrected chi connectivity index (χ4v) is 5.35. The molecule has 0 saturated carbocycles. The smallest absolute Gasteiger partial charge is 0.261 e. The van der Waals surface area contributed by atoms with Crippen LogP contribution >= 0.6 is 15.9 Å². The van der Waals surface area contributed by atoms with Gasteiger partial charge in [0.05, 0.1) is 22.0 Å². The van der Waals surface area contributed by atoms with Crippen molar-refractivity contribution in [3.05, 3.63) is 53.0 Å². The Morgan fingerprint density at radius 1 is 1.08 bits per heavy atom. The van der Waals surface area contributed by atoms with Crippen LogP contribution in [0.2, 0.25) is 0 Å². The zero-order valence-electron chi connectivity index (χ0n) is 12.5. The second-order valence-electron chi connectivity index (χ2n) is 5.35. The highest BCUT2D eigenvalue weighted by Gasteiger charge is 2.28. The Labute approximate surface area is 149 Å². The number of nitrogens with one attached hydrogen (secondary N) is 1. The molecule has 1 heterocycles. The molecule has 0 bridgehead atoms. The van der Waals surface area contributed by atoms with Crippen molar-refractivity contribution in [3.63, 3.8) is 0 Å². The van der Waals surface area contributed by atoms with Gasteiger partial charge < -0.3 is 0 Å². The molecule has 1 saturated heterocycles. The second-order valence-corrected chi connectivity index (χ2v) is 9.96. The lowest BCUT2D eigenvalue weighted by atomic mass is 10.3. The number of halogens is 1. The van der Waals surface area contributed by atoms with Crippen molar-refractivity contribution >= 4 is 47.4 Å². The monoisotopic (exact) mass is 430 g/mol. The maximum absolute atomic E-state index is 12.4. The summed E-state index contributed by atoms with van der Waals surface area (Å²) in [5.74, 6) is 0.113. The molecule has 0 radical (unpaired) electrons. The van der Waals surface area contributed by atoms with E-state index >= 15 is 0 Å². The molecule has 1 aliphatic rings. The fourth-order valence-electron chi connectivity index (χ4n) is 2.48. The first-order chi connectivity index (χ1) is 11.3. The summed E-state index contributed by atoms with van der Waals surface area (Å²) in [6.45, 7) is 0.408. The maximum atomic E-state index is 12.4. The minimum absolute atomic E-state index is 0.113. The molecule has 3 rings (SSSR count). The van der Waals surface area contributed by atoms with Gasteiger partial charge in [0.1, 0.15) is 0 Å². The zero-order chi connectivity index (χ0) is 17.4. The van der Waals surface area contributed by atoms with Crippen LogP contribution < -0.4 is 9.03 Å². The molecule has 1 aliphatic heterocycles. The van der Waals surface area contributed by atoms with Crippen LogP contribution in [-0.2, 0) is 20.0 Å². The summed E-state index contributed by atoms with van der Waals surface area (Å²) >= 11 is 3.26. The second kappa shape index (κ2) is 6.38. The lowest BCUT2D eigenvalue weighted by Gasteiger charge is -2.18. The van der Waals surface area contributed by atoms with Gasteiger partial charge in [0.2, 0.25) is 10.0 Å². The van der Waals surface area contributed by atoms with Crippen LogP contribution in [0.1, 0.15) is 6.42 Å². The van der Waals surface area contributed by atoms with Crippen molar-refractivity contribution in [3.8, 4) is 0 Å². The third-order valence-electron chi connectivity index (χ3n) is 3.61. The normalized spacial score (nSPS) is 17.0. The molecular formula is C15H15BrN2O4S2. The van der Waals surface area contributed by atoms with Gasteiger partial charge in [-0.3, -0.25) is 9.03 Å². The topological polar surface area (TPSA) is 83.6 Å². The molecule has 24 heavy (non-hydrogen) atoms. The van der Waals surface area contributed by atoms with Crippen LogP contribution in [0.15, 0.2) is 57.9 Å². The molecule has 1 fully saturated rings. The molecule has 0 spiro atoms. The first kappa shape index (κ1) is 17.2. The van der Waals surface area contributed by atoms with Crippen LogP contribution in [0.3, 0.4) is 0 Å². The quantitative estimate of drug-likeness (QED) is 0.807. The van der Waals surface area contributed by atoms with Crippen molar-refractivity contribution < 1.29 is 16.8 Å². The Balaban J connectivity index is 1.88. The predicted molar refractivity (Wildman–Crippen MR) is 97.1 cm³/mol. The van der Waals surface area contributed by atoms with Crippen molar-refractivity contribution in [1.82, 2.24) is 0 Å². The Morgan fingerprint density at radius 3 is 2.42 bits per heavy atom. The molecule has 0 aromatic heterocycles. The van der Waals surface area contributed by atoms with Gasteiger partial charge in [-0.1, -0.05) is 22.0 Å². The van der Waals surface area contributed by atoms with Gasteiger partial charge in [-0.25, -0.2) is 16.8 Å². The van der Waals surface area contributed by atoms with Crippen LogP contribution in [0.4, 0.5) is 11.4 Å². The van der Waals surface area contributed by atoms with E-state index in [-0.39, 0.29) is 10.6 Å². The van der Waals surface area contributed by atoms with Crippen LogP contribution in [0, 0.1) is 0 Å². The van der Waals surface area contributed by atoms with E-state index in [4.69, 9.17) is 0 Å². The van der Waals surface area contributed by atoms with Crippen molar-refractivity contribution in [1.29, 1.82) is 0 Å². The lowest BCUT2D eigenvalue weighted by Crippen LogP contribution is -2.25. The van der Waals surface area contributed by atoms with Crippen molar-refractivity contribution in [2.45, 2.75) is 11.3 Å². The first-order valence-corrected chi connectivity index (χ1v) is 11.1. The summed E-state index contributed by atoms with van der Waals surface area (Å²) in [5, 5.41) is 0. The van der Waals surface area contributed by atoms with Crippen molar-refractivity contribution in [2.75, 3.05) is 21.3 Å². The summed E-state index contributed by atoms with van der Waals surface area (Å²) in [7, 11) is -7.04. The number of hydrogen-bond acceptors (Lipinski definition) is 4. The highest BCUT2D eigenvalue weighted by Crippen LogP contribution is 2.27. The molecule has 0 amide bonds. The van der Waals surface area contributed by atoms with Gasteiger partial charge in [-0.05, 0) is 48.9 Å². The van der Waals surface area contributed by atoms with E-state index in [1.807, 2.05) is 0 Å². The highest BCUT2D eigenvalue weighted by atomic mass is 79.9. The minimum Gasteiger partial charge on any atom is -0.280 e. The summed E-state index contributed by atoms with van der Waals surface area (Å²) in [6.07, 6.45) is 0.567. The molecule has 0 atom stereocenters. The van der Waals surface area contributed by atoms with E-state index in [1.54, 1.807) is 30.3 Å². The van der Waals surface area contributed by atoms with Crippen molar-refractivity contribution in [2.24, 2.45) is 0 Å². The van der Waals surface area contributed by atoms with E-state index in [9.17, 15) is 16.8 Å². The number of anilines is 2. The number of hydrogen-bond donors (Lipinski definition) is 1. The van der Waals surface area contributed by atoms with Gasteiger partial charge >= 0.3 is 0 Å².